The molecule has 0 aromatic carbocycles. The second-order valence-electron chi connectivity index (χ2n) is 5.75. The predicted octanol–water partition coefficient (Wildman–Crippen LogP) is 1.55. The lowest BCUT2D eigenvalue weighted by molar-refractivity contribution is 0.0788. The molecule has 2 heterocycles. The van der Waals surface area contributed by atoms with Crippen molar-refractivity contribution in [2.75, 3.05) is 20.1 Å². The molecule has 0 amide bonds. The van der Waals surface area contributed by atoms with Gasteiger partial charge in [-0.25, -0.2) is 0 Å². The maximum atomic E-state index is 4.37. The minimum Gasteiger partial charge on any atom is -0.319 e. The van der Waals surface area contributed by atoms with Gasteiger partial charge in [-0.2, -0.15) is 5.10 Å². The second-order valence-corrected chi connectivity index (χ2v) is 5.75. The molecule has 4 heteroatoms. The Morgan fingerprint density at radius 2 is 2.22 bits per heavy atom. The van der Waals surface area contributed by atoms with Crippen LogP contribution < -0.4 is 5.32 Å². The zero-order valence-electron chi connectivity index (χ0n) is 11.5. The van der Waals surface area contributed by atoms with Gasteiger partial charge in [-0.1, -0.05) is 0 Å². The van der Waals surface area contributed by atoms with Gasteiger partial charge < -0.3 is 5.32 Å². The molecule has 1 aliphatic heterocycles. The number of aromatic nitrogens is 2. The Kier molecular flexibility index (Phi) is 3.39. The van der Waals surface area contributed by atoms with Crippen molar-refractivity contribution in [2.24, 2.45) is 13.0 Å². The van der Waals surface area contributed by atoms with E-state index in [4.69, 9.17) is 0 Å². The zero-order valence-corrected chi connectivity index (χ0v) is 11.5. The van der Waals surface area contributed by atoms with Crippen LogP contribution in [0.4, 0.5) is 0 Å². The molecule has 2 atom stereocenters. The van der Waals surface area contributed by atoms with E-state index in [0.717, 1.165) is 18.5 Å². The summed E-state index contributed by atoms with van der Waals surface area (Å²) in [4.78, 5) is 2.74. The van der Waals surface area contributed by atoms with Gasteiger partial charge in [-0.3, -0.25) is 9.58 Å². The lowest BCUT2D eigenvalue weighted by Crippen LogP contribution is -2.44. The van der Waals surface area contributed by atoms with Gasteiger partial charge in [0, 0.05) is 19.3 Å². The first-order valence-corrected chi connectivity index (χ1v) is 7.19. The van der Waals surface area contributed by atoms with Crippen LogP contribution in [-0.4, -0.2) is 40.9 Å². The summed E-state index contributed by atoms with van der Waals surface area (Å²) in [6.45, 7) is 2.37. The lowest BCUT2D eigenvalue weighted by Gasteiger charge is -2.41. The Morgan fingerprint density at radius 1 is 1.39 bits per heavy atom. The van der Waals surface area contributed by atoms with Gasteiger partial charge in [0.15, 0.2) is 0 Å². The number of nitrogens with zero attached hydrogens (tertiary/aromatic N) is 3. The molecule has 2 fully saturated rings. The fourth-order valence-corrected chi connectivity index (χ4v) is 3.48. The Bertz CT molecular complexity index is 394. The molecule has 3 rings (SSSR count). The molecule has 2 unspecified atom stereocenters. The zero-order chi connectivity index (χ0) is 12.5. The largest absolute Gasteiger partial charge is 0.319 e. The molecule has 1 saturated heterocycles. The fraction of sp³-hybridized carbons (Fsp3) is 0.786. The first kappa shape index (κ1) is 12.2. The van der Waals surface area contributed by atoms with Crippen molar-refractivity contribution in [1.82, 2.24) is 20.0 Å². The van der Waals surface area contributed by atoms with Gasteiger partial charge in [0.2, 0.25) is 0 Å². The topological polar surface area (TPSA) is 33.1 Å². The molecule has 18 heavy (non-hydrogen) atoms. The van der Waals surface area contributed by atoms with Crippen molar-refractivity contribution in [2.45, 2.75) is 37.8 Å². The smallest absolute Gasteiger partial charge is 0.0560 e. The van der Waals surface area contributed by atoms with E-state index >= 15 is 0 Å². The minimum absolute atomic E-state index is 0.561. The van der Waals surface area contributed by atoms with Crippen molar-refractivity contribution in [3.8, 4) is 0 Å². The van der Waals surface area contributed by atoms with Crippen LogP contribution in [0.15, 0.2) is 12.3 Å². The third kappa shape index (κ3) is 2.19. The molecule has 100 valence electrons. The molecule has 0 bridgehead atoms. The number of rotatable bonds is 4. The summed E-state index contributed by atoms with van der Waals surface area (Å²) in [6, 6.07) is 3.60. The highest BCUT2D eigenvalue weighted by Crippen LogP contribution is 2.42. The molecule has 1 N–H and O–H groups in total. The normalized spacial score (nSPS) is 29.7. The maximum absolute atomic E-state index is 4.37. The summed E-state index contributed by atoms with van der Waals surface area (Å²) in [5.41, 5.74) is 1.39. The minimum atomic E-state index is 0.561. The molecule has 1 aliphatic carbocycles. The molecule has 0 radical (unpaired) electrons. The molecule has 2 aliphatic rings. The molecule has 4 nitrogen and oxygen atoms in total. The van der Waals surface area contributed by atoms with Crippen LogP contribution in [0.25, 0.3) is 0 Å². The fourth-order valence-electron chi connectivity index (χ4n) is 3.48. The average Bonchev–Trinajstić information content (AvgIpc) is 3.13. The summed E-state index contributed by atoms with van der Waals surface area (Å²) in [7, 11) is 4.14. The van der Waals surface area contributed by atoms with Crippen molar-refractivity contribution in [3.63, 3.8) is 0 Å². The highest BCUT2D eigenvalue weighted by molar-refractivity contribution is 5.12. The number of hydrogen-bond donors (Lipinski definition) is 1. The summed E-state index contributed by atoms with van der Waals surface area (Å²) < 4.78 is 2.06. The van der Waals surface area contributed by atoms with E-state index < -0.39 is 0 Å². The maximum Gasteiger partial charge on any atom is 0.0560 e. The molecule has 1 saturated carbocycles. The number of likely N-dealkylation sites (tertiary alicyclic amines) is 1. The van der Waals surface area contributed by atoms with Crippen LogP contribution in [0.2, 0.25) is 0 Å². The third-order valence-electron chi connectivity index (χ3n) is 4.44. The van der Waals surface area contributed by atoms with Crippen LogP contribution in [0.1, 0.15) is 37.4 Å². The third-order valence-corrected chi connectivity index (χ3v) is 4.44. The number of piperidine rings is 1. The monoisotopic (exact) mass is 248 g/mol. The van der Waals surface area contributed by atoms with E-state index in [0.29, 0.717) is 6.04 Å². The average molecular weight is 248 g/mol. The van der Waals surface area contributed by atoms with E-state index in [-0.39, 0.29) is 0 Å². The van der Waals surface area contributed by atoms with Crippen LogP contribution in [0.3, 0.4) is 0 Å². The van der Waals surface area contributed by atoms with Crippen molar-refractivity contribution < 1.29 is 0 Å². The standard InChI is InChI=1S/C14H24N4/c1-15-10-11-4-3-9-18(12-5-6-12)14(11)13-7-8-16-17(13)2/h7-8,11-12,14-15H,3-6,9-10H2,1-2H3. The summed E-state index contributed by atoms with van der Waals surface area (Å²) in [5.74, 6) is 0.722. The van der Waals surface area contributed by atoms with E-state index in [2.05, 4.69) is 40.2 Å². The first-order valence-electron chi connectivity index (χ1n) is 7.19. The van der Waals surface area contributed by atoms with E-state index in [9.17, 15) is 0 Å². The molecule has 1 aromatic heterocycles. The highest BCUT2D eigenvalue weighted by Gasteiger charge is 2.41. The Labute approximate surface area is 109 Å². The van der Waals surface area contributed by atoms with Crippen LogP contribution in [-0.2, 0) is 7.05 Å². The summed E-state index contributed by atoms with van der Waals surface area (Å²) in [6.07, 6.45) is 7.39. The van der Waals surface area contributed by atoms with E-state index in [1.807, 2.05) is 6.20 Å². The number of hydrogen-bond acceptors (Lipinski definition) is 3. The Morgan fingerprint density at radius 3 is 2.83 bits per heavy atom. The highest BCUT2D eigenvalue weighted by atomic mass is 15.3. The van der Waals surface area contributed by atoms with Gasteiger partial charge in [-0.15, -0.1) is 0 Å². The van der Waals surface area contributed by atoms with Crippen molar-refractivity contribution in [1.29, 1.82) is 0 Å². The van der Waals surface area contributed by atoms with Gasteiger partial charge in [0.25, 0.3) is 0 Å². The molecular weight excluding hydrogens is 224 g/mol. The summed E-state index contributed by atoms with van der Waals surface area (Å²) in [5, 5.41) is 7.74. The van der Waals surface area contributed by atoms with Gasteiger partial charge in [0.05, 0.1) is 11.7 Å². The van der Waals surface area contributed by atoms with Gasteiger partial charge in [0.1, 0.15) is 0 Å². The lowest BCUT2D eigenvalue weighted by atomic mass is 9.86. The molecule has 0 spiro atoms. The van der Waals surface area contributed by atoms with Crippen LogP contribution >= 0.6 is 0 Å². The Balaban J connectivity index is 1.88. The number of aryl methyl sites for hydroxylation is 1. The quantitative estimate of drug-likeness (QED) is 0.878. The molecular formula is C14H24N4. The van der Waals surface area contributed by atoms with Gasteiger partial charge >= 0.3 is 0 Å². The molecule has 1 aromatic rings. The van der Waals surface area contributed by atoms with Crippen molar-refractivity contribution in [3.05, 3.63) is 18.0 Å². The first-order chi connectivity index (χ1) is 8.81. The predicted molar refractivity (Wildman–Crippen MR) is 72.3 cm³/mol. The van der Waals surface area contributed by atoms with E-state index in [1.54, 1.807) is 0 Å². The van der Waals surface area contributed by atoms with E-state index in [1.165, 1.54) is 37.9 Å². The van der Waals surface area contributed by atoms with Crippen molar-refractivity contribution >= 4 is 0 Å². The van der Waals surface area contributed by atoms with Crippen LogP contribution in [0.5, 0.6) is 0 Å². The summed E-state index contributed by atoms with van der Waals surface area (Å²) >= 11 is 0. The SMILES string of the molecule is CNCC1CCCN(C2CC2)C1c1ccnn1C. The second kappa shape index (κ2) is 5.02. The Hall–Kier alpha value is -0.870. The number of nitrogens with one attached hydrogen (secondary N) is 1. The van der Waals surface area contributed by atoms with Crippen LogP contribution in [0, 0.1) is 5.92 Å². The van der Waals surface area contributed by atoms with Gasteiger partial charge in [-0.05, 0) is 57.8 Å².